The Bertz CT molecular complexity index is 42.9. The Morgan fingerprint density at radius 3 is 2.20 bits per heavy atom. The molecule has 0 aromatic heterocycles. The minimum absolute atomic E-state index is 0.306. The second-order valence-corrected chi connectivity index (χ2v) is 2.57. The first-order valence-corrected chi connectivity index (χ1v) is 5.15. The van der Waals surface area contributed by atoms with Crippen molar-refractivity contribution in [3.8, 4) is 0 Å². The summed E-state index contributed by atoms with van der Waals surface area (Å²) in [6.45, 7) is 0. The summed E-state index contributed by atoms with van der Waals surface area (Å²) in [5.41, 5.74) is 0. The second kappa shape index (κ2) is 2.63. The maximum atomic E-state index is 9.31. The molecule has 2 nitrogen and oxygen atoms in total. The van der Waals surface area contributed by atoms with Crippen molar-refractivity contribution in [2.75, 3.05) is 0 Å². The molecule has 0 spiro atoms. The van der Waals surface area contributed by atoms with Crippen molar-refractivity contribution >= 4 is 5.97 Å². The summed E-state index contributed by atoms with van der Waals surface area (Å²) in [7, 11) is 0. The number of aliphatic carboxylic acids is 1. The Morgan fingerprint density at radius 2 is 2.20 bits per heavy atom. The van der Waals surface area contributed by atoms with Crippen LogP contribution < -0.4 is 5.11 Å². The molecule has 0 amide bonds. The van der Waals surface area contributed by atoms with Crippen molar-refractivity contribution in [3.63, 3.8) is 0 Å². The van der Waals surface area contributed by atoms with Gasteiger partial charge in [0.2, 0.25) is 0 Å². The van der Waals surface area contributed by atoms with Crippen LogP contribution in [0.3, 0.4) is 0 Å². The predicted molar refractivity (Wildman–Crippen MR) is 9.81 cm³/mol. The fraction of sp³-hybridized carbons (Fsp3) is 0.500. The molecule has 0 heterocycles. The van der Waals surface area contributed by atoms with Gasteiger partial charge in [0, 0.05) is 0 Å². The minimum atomic E-state index is -0.909. The van der Waals surface area contributed by atoms with Gasteiger partial charge in [-0.1, -0.05) is 0 Å². The van der Waals surface area contributed by atoms with Crippen LogP contribution in [0.25, 0.3) is 0 Å². The molecule has 0 radical (unpaired) electrons. The standard InChI is InChI=1S/C2H3O2.Hg/c1-2(3)4;/h1H2,(H,3,4);/p-1. The summed E-state index contributed by atoms with van der Waals surface area (Å²) in [5.74, 6) is -0.909. The third-order valence-electron chi connectivity index (χ3n) is 0.204. The fourth-order valence-corrected chi connectivity index (χ4v) is 0. The molecule has 0 N–H and O–H groups in total. The topological polar surface area (TPSA) is 40.1 Å². The average molecular weight is 259 g/mol. The average Bonchev–Trinajstić information content (AvgIpc) is 1.38. The summed E-state index contributed by atoms with van der Waals surface area (Å²) < 4.78 is 0.306. The maximum absolute atomic E-state index is 9.31. The fourth-order valence-electron chi connectivity index (χ4n) is 0. The van der Waals surface area contributed by atoms with E-state index in [1.165, 1.54) is 0 Å². The first-order chi connectivity index (χ1) is 2.27. The Balaban J connectivity index is 2.85. The Kier molecular flexibility index (Phi) is 2.85. The van der Waals surface area contributed by atoms with Crippen molar-refractivity contribution in [3.05, 3.63) is 0 Å². The van der Waals surface area contributed by atoms with E-state index in [1.54, 1.807) is 0 Å². The van der Waals surface area contributed by atoms with Crippen molar-refractivity contribution in [2.45, 2.75) is 3.93 Å². The molecule has 0 aromatic rings. The molecule has 0 saturated carbocycles. The van der Waals surface area contributed by atoms with Crippen molar-refractivity contribution in [1.82, 2.24) is 0 Å². The Labute approximate surface area is 46.2 Å². The monoisotopic (exact) mass is 260 g/mol. The number of carbonyl (C=O) groups excluding carboxylic acids is 1. The van der Waals surface area contributed by atoms with Crippen molar-refractivity contribution in [1.29, 1.82) is 0 Å². The van der Waals surface area contributed by atoms with E-state index in [9.17, 15) is 9.90 Å². The van der Waals surface area contributed by atoms with Crippen LogP contribution in [0.2, 0.25) is 3.93 Å². The molecule has 0 unspecified atom stereocenters. The van der Waals surface area contributed by atoms with Crippen LogP contribution in [-0.2, 0) is 30.9 Å². The van der Waals surface area contributed by atoms with Crippen LogP contribution in [-0.4, -0.2) is 5.97 Å². The van der Waals surface area contributed by atoms with Crippen LogP contribution >= 0.6 is 0 Å². The summed E-state index contributed by atoms with van der Waals surface area (Å²) in [5, 5.41) is 9.31. The first kappa shape index (κ1) is 5.41. The van der Waals surface area contributed by atoms with Gasteiger partial charge in [0.15, 0.2) is 0 Å². The summed E-state index contributed by atoms with van der Waals surface area (Å²) >= 11 is 0.381. The van der Waals surface area contributed by atoms with Crippen molar-refractivity contribution in [2.24, 2.45) is 0 Å². The first-order valence-electron chi connectivity index (χ1n) is 1.26. The summed E-state index contributed by atoms with van der Waals surface area (Å²) in [4.78, 5) is 9.31. The van der Waals surface area contributed by atoms with Gasteiger partial charge in [-0.3, -0.25) is 0 Å². The van der Waals surface area contributed by atoms with Gasteiger partial charge in [-0.2, -0.15) is 0 Å². The van der Waals surface area contributed by atoms with E-state index in [-0.39, 0.29) is 0 Å². The van der Waals surface area contributed by atoms with Crippen LogP contribution in [0.1, 0.15) is 0 Å². The molecule has 0 aliphatic rings. The zero-order chi connectivity index (χ0) is 4.28. The van der Waals surface area contributed by atoms with E-state index in [2.05, 4.69) is 0 Å². The van der Waals surface area contributed by atoms with Gasteiger partial charge in [0.25, 0.3) is 0 Å². The van der Waals surface area contributed by atoms with E-state index in [0.29, 0.717) is 30.1 Å². The normalized spacial score (nSPS) is 7.60. The van der Waals surface area contributed by atoms with E-state index in [1.807, 2.05) is 0 Å². The van der Waals surface area contributed by atoms with Gasteiger partial charge in [-0.05, 0) is 0 Å². The number of carboxylic acids is 1. The number of carbonyl (C=O) groups is 1. The molecule has 0 saturated heterocycles. The third kappa shape index (κ3) is 4.41. The molecular weight excluding hydrogens is 257 g/mol. The molecule has 25 valence electrons. The molecular formula is C2H2HgO2-. The van der Waals surface area contributed by atoms with Gasteiger partial charge in [-0.15, -0.1) is 0 Å². The van der Waals surface area contributed by atoms with E-state index < -0.39 is 5.97 Å². The van der Waals surface area contributed by atoms with Crippen LogP contribution in [0.15, 0.2) is 0 Å². The molecule has 0 fully saturated rings. The van der Waals surface area contributed by atoms with Gasteiger partial charge < -0.3 is 0 Å². The molecule has 0 aliphatic carbocycles. The Morgan fingerprint density at radius 1 is 2.00 bits per heavy atom. The number of hydrogen-bond acceptors (Lipinski definition) is 2. The molecule has 5 heavy (non-hydrogen) atoms. The predicted octanol–water partition coefficient (Wildman–Crippen LogP) is -1.30. The quantitative estimate of drug-likeness (QED) is 0.549. The molecule has 0 atom stereocenters. The number of rotatable bonds is 1. The van der Waals surface area contributed by atoms with E-state index in [0.717, 1.165) is 0 Å². The molecule has 0 bridgehead atoms. The molecule has 0 aliphatic heterocycles. The summed E-state index contributed by atoms with van der Waals surface area (Å²) in [6, 6.07) is 0. The van der Waals surface area contributed by atoms with Gasteiger partial charge >= 0.3 is 45.9 Å². The van der Waals surface area contributed by atoms with Gasteiger partial charge in [-0.25, -0.2) is 0 Å². The van der Waals surface area contributed by atoms with E-state index in [4.69, 9.17) is 0 Å². The Hall–Kier alpha value is 0.405. The second-order valence-electron chi connectivity index (χ2n) is 0.622. The number of carboxylic acid groups (broad SMARTS) is 1. The SMILES string of the molecule is O=C([O-])[CH2][Hg]. The molecule has 3 heteroatoms. The van der Waals surface area contributed by atoms with Crippen LogP contribution in [0.5, 0.6) is 0 Å². The van der Waals surface area contributed by atoms with E-state index >= 15 is 0 Å². The summed E-state index contributed by atoms with van der Waals surface area (Å²) in [6.07, 6.45) is 0. The van der Waals surface area contributed by atoms with Crippen LogP contribution in [0.4, 0.5) is 0 Å². The van der Waals surface area contributed by atoms with Gasteiger partial charge in [0.05, 0.1) is 0 Å². The van der Waals surface area contributed by atoms with Crippen LogP contribution in [0, 0.1) is 0 Å². The third-order valence-corrected chi connectivity index (χ3v) is 1.79. The number of hydrogen-bond donors (Lipinski definition) is 0. The van der Waals surface area contributed by atoms with Gasteiger partial charge in [0.1, 0.15) is 0 Å². The molecule has 0 aromatic carbocycles. The zero-order valence-electron chi connectivity index (χ0n) is 2.73. The van der Waals surface area contributed by atoms with Crippen molar-refractivity contribution < 1.29 is 36.0 Å². The molecule has 0 rings (SSSR count). The zero-order valence-corrected chi connectivity index (χ0v) is 8.23.